The van der Waals surface area contributed by atoms with Gasteiger partial charge in [-0.25, -0.2) is 0 Å². The van der Waals surface area contributed by atoms with Crippen LogP contribution in [0.4, 0.5) is 0 Å². The van der Waals surface area contributed by atoms with Crippen molar-refractivity contribution in [2.45, 2.75) is 31.2 Å². The molecule has 3 nitrogen and oxygen atoms in total. The summed E-state index contributed by atoms with van der Waals surface area (Å²) in [7, 11) is 1.76. The van der Waals surface area contributed by atoms with Crippen molar-refractivity contribution in [3.05, 3.63) is 100 Å². The molecule has 2 heterocycles. The summed E-state index contributed by atoms with van der Waals surface area (Å²) in [6, 6.07) is 25.9. The van der Waals surface area contributed by atoms with Gasteiger partial charge in [0.25, 0.3) is 0 Å². The second-order valence-electron chi connectivity index (χ2n) is 9.68. The van der Waals surface area contributed by atoms with Crippen LogP contribution >= 0.6 is 11.6 Å². The number of likely N-dealkylation sites (tertiary alicyclic amines) is 1. The number of aromatic amines is 1. The van der Waals surface area contributed by atoms with Crippen LogP contribution in [0.3, 0.4) is 0 Å². The SMILES string of the molecule is COc1cccc(C23CCN(Cc4ccccc4)CC2Cc2c([nH]c4c(Cl)cccc24)C3)c1. The van der Waals surface area contributed by atoms with Crippen LogP contribution in [0.25, 0.3) is 10.9 Å². The highest BCUT2D eigenvalue weighted by Crippen LogP contribution is 2.50. The second-order valence-corrected chi connectivity index (χ2v) is 10.1. The number of nitrogens with zero attached hydrogens (tertiary/aromatic N) is 1. The Morgan fingerprint density at radius 2 is 1.91 bits per heavy atom. The summed E-state index contributed by atoms with van der Waals surface area (Å²) in [5, 5.41) is 2.10. The van der Waals surface area contributed by atoms with Crippen LogP contribution in [-0.2, 0) is 24.8 Å². The Hall–Kier alpha value is -2.75. The highest BCUT2D eigenvalue weighted by atomic mass is 35.5. The molecule has 4 aromatic rings. The Kier molecular flexibility index (Phi) is 5.20. The Morgan fingerprint density at radius 1 is 1.06 bits per heavy atom. The van der Waals surface area contributed by atoms with Crippen molar-refractivity contribution in [1.82, 2.24) is 9.88 Å². The number of ether oxygens (including phenoxy) is 1. The summed E-state index contributed by atoms with van der Waals surface area (Å²) in [4.78, 5) is 6.36. The molecule has 0 saturated carbocycles. The number of piperidine rings is 1. The van der Waals surface area contributed by atoms with E-state index in [-0.39, 0.29) is 5.41 Å². The first-order valence-electron chi connectivity index (χ1n) is 11.8. The molecular formula is C29H29ClN2O. The van der Waals surface area contributed by atoms with Crippen molar-refractivity contribution < 1.29 is 4.74 Å². The van der Waals surface area contributed by atoms with Crippen molar-refractivity contribution >= 4 is 22.5 Å². The largest absolute Gasteiger partial charge is 0.497 e. The van der Waals surface area contributed by atoms with Crippen molar-refractivity contribution in [3.63, 3.8) is 0 Å². The van der Waals surface area contributed by atoms with Crippen LogP contribution in [-0.4, -0.2) is 30.1 Å². The predicted molar refractivity (Wildman–Crippen MR) is 135 cm³/mol. The molecule has 0 radical (unpaired) electrons. The van der Waals surface area contributed by atoms with Crippen molar-refractivity contribution in [3.8, 4) is 5.75 Å². The average Bonchev–Trinajstić information content (AvgIpc) is 3.22. The van der Waals surface area contributed by atoms with Crippen molar-refractivity contribution in [2.75, 3.05) is 20.2 Å². The number of rotatable bonds is 4. The van der Waals surface area contributed by atoms with Crippen LogP contribution in [0.2, 0.25) is 5.02 Å². The van der Waals surface area contributed by atoms with Crippen LogP contribution < -0.4 is 4.74 Å². The van der Waals surface area contributed by atoms with E-state index in [0.29, 0.717) is 5.92 Å². The van der Waals surface area contributed by atoms with Gasteiger partial charge in [-0.3, -0.25) is 4.90 Å². The van der Waals surface area contributed by atoms with E-state index in [0.717, 1.165) is 55.2 Å². The lowest BCUT2D eigenvalue weighted by Gasteiger charge is -2.51. The minimum atomic E-state index is 0.0993. The van der Waals surface area contributed by atoms with E-state index in [1.165, 1.54) is 27.8 Å². The number of methoxy groups -OCH3 is 1. The molecule has 0 amide bonds. The van der Waals surface area contributed by atoms with Crippen LogP contribution in [0.5, 0.6) is 5.75 Å². The number of para-hydroxylation sites is 1. The molecular weight excluding hydrogens is 428 g/mol. The molecule has 2 unspecified atom stereocenters. The number of aromatic nitrogens is 1. The molecule has 1 aliphatic heterocycles. The molecule has 1 aromatic heterocycles. The summed E-state index contributed by atoms with van der Waals surface area (Å²) in [6.45, 7) is 3.20. The Morgan fingerprint density at radius 3 is 2.76 bits per heavy atom. The van der Waals surface area contributed by atoms with E-state index in [1.807, 2.05) is 6.07 Å². The minimum absolute atomic E-state index is 0.0993. The molecule has 6 rings (SSSR count). The van der Waals surface area contributed by atoms with Gasteiger partial charge in [0.2, 0.25) is 0 Å². The molecule has 0 bridgehead atoms. The fourth-order valence-electron chi connectivity index (χ4n) is 6.27. The van der Waals surface area contributed by atoms with E-state index in [4.69, 9.17) is 16.3 Å². The summed E-state index contributed by atoms with van der Waals surface area (Å²) < 4.78 is 5.62. The fraction of sp³-hybridized carbons (Fsp3) is 0.310. The van der Waals surface area contributed by atoms with E-state index < -0.39 is 0 Å². The Balaban J connectivity index is 1.42. The topological polar surface area (TPSA) is 28.3 Å². The maximum Gasteiger partial charge on any atom is 0.119 e. The van der Waals surface area contributed by atoms with Crippen molar-refractivity contribution in [1.29, 1.82) is 0 Å². The molecule has 1 N–H and O–H groups in total. The molecule has 2 aliphatic rings. The third-order valence-electron chi connectivity index (χ3n) is 7.95. The molecule has 1 fully saturated rings. The molecule has 2 atom stereocenters. The lowest BCUT2D eigenvalue weighted by Crippen LogP contribution is -2.53. The number of fused-ring (bicyclic) bond motifs is 4. The van der Waals surface area contributed by atoms with Crippen molar-refractivity contribution in [2.24, 2.45) is 5.92 Å². The van der Waals surface area contributed by atoms with E-state index in [9.17, 15) is 0 Å². The van der Waals surface area contributed by atoms with Gasteiger partial charge in [-0.2, -0.15) is 0 Å². The smallest absolute Gasteiger partial charge is 0.119 e. The van der Waals surface area contributed by atoms with E-state index in [2.05, 4.69) is 76.6 Å². The quantitative estimate of drug-likeness (QED) is 0.385. The summed E-state index contributed by atoms with van der Waals surface area (Å²) >= 11 is 6.58. The van der Waals surface area contributed by atoms with Gasteiger partial charge in [-0.15, -0.1) is 0 Å². The monoisotopic (exact) mass is 456 g/mol. The zero-order valence-electron chi connectivity index (χ0n) is 19.0. The summed E-state index contributed by atoms with van der Waals surface area (Å²) in [6.07, 6.45) is 3.22. The van der Waals surface area contributed by atoms with Gasteiger partial charge >= 0.3 is 0 Å². The van der Waals surface area contributed by atoms with Gasteiger partial charge in [-0.05, 0) is 66.6 Å². The molecule has 0 spiro atoms. The van der Waals surface area contributed by atoms with Crippen LogP contribution in [0, 0.1) is 5.92 Å². The number of benzene rings is 3. The number of hydrogen-bond acceptors (Lipinski definition) is 2. The summed E-state index contributed by atoms with van der Waals surface area (Å²) in [5.41, 5.74) is 6.79. The number of hydrogen-bond donors (Lipinski definition) is 1. The zero-order valence-corrected chi connectivity index (χ0v) is 19.7. The minimum Gasteiger partial charge on any atom is -0.497 e. The molecule has 3 aromatic carbocycles. The van der Waals surface area contributed by atoms with E-state index >= 15 is 0 Å². The number of halogens is 1. The summed E-state index contributed by atoms with van der Waals surface area (Å²) in [5.74, 6) is 1.48. The van der Waals surface area contributed by atoms with Gasteiger partial charge in [0.15, 0.2) is 0 Å². The maximum atomic E-state index is 6.58. The van der Waals surface area contributed by atoms with Gasteiger partial charge in [0.05, 0.1) is 17.6 Å². The molecule has 33 heavy (non-hydrogen) atoms. The fourth-order valence-corrected chi connectivity index (χ4v) is 6.49. The van der Waals surface area contributed by atoms with Gasteiger partial charge in [0.1, 0.15) is 5.75 Å². The molecule has 1 saturated heterocycles. The van der Waals surface area contributed by atoms with E-state index in [1.54, 1.807) is 7.11 Å². The lowest BCUT2D eigenvalue weighted by atomic mass is 9.58. The maximum absolute atomic E-state index is 6.58. The third-order valence-corrected chi connectivity index (χ3v) is 8.26. The second kappa shape index (κ2) is 8.23. The highest BCUT2D eigenvalue weighted by Gasteiger charge is 2.48. The normalized spacial score (nSPS) is 22.7. The zero-order chi connectivity index (χ0) is 22.4. The van der Waals surface area contributed by atoms with Crippen LogP contribution in [0.15, 0.2) is 72.8 Å². The van der Waals surface area contributed by atoms with Gasteiger partial charge in [0, 0.05) is 29.6 Å². The molecule has 1 aliphatic carbocycles. The predicted octanol–water partition coefficient (Wildman–Crippen LogP) is 6.39. The first-order chi connectivity index (χ1) is 16.2. The highest BCUT2D eigenvalue weighted by molar-refractivity contribution is 6.35. The molecule has 168 valence electrons. The first-order valence-corrected chi connectivity index (χ1v) is 12.2. The Labute approximate surface area is 200 Å². The standard InChI is InChI=1S/C29H29ClN2O/c1-33-23-10-5-9-21(15-23)29-13-14-32(18-20-7-3-2-4-8-20)19-22(29)16-25-24-11-6-12-26(30)28(24)31-27(25)17-29/h2-12,15,22,31H,13-14,16-19H2,1H3. The van der Waals surface area contributed by atoms with Crippen LogP contribution in [0.1, 0.15) is 28.8 Å². The first kappa shape index (κ1) is 20.8. The number of H-pyrrole nitrogens is 1. The Bertz CT molecular complexity index is 1300. The molecule has 4 heteroatoms. The third kappa shape index (κ3) is 3.55. The average molecular weight is 457 g/mol. The van der Waals surface area contributed by atoms with Gasteiger partial charge < -0.3 is 9.72 Å². The van der Waals surface area contributed by atoms with Gasteiger partial charge in [-0.1, -0.05) is 66.2 Å². The number of nitrogens with one attached hydrogen (secondary N) is 1. The lowest BCUT2D eigenvalue weighted by molar-refractivity contribution is 0.0765.